The van der Waals surface area contributed by atoms with Crippen molar-refractivity contribution < 1.29 is 33.3 Å². The number of carbonyl (C=O) groups is 2. The zero-order chi connectivity index (χ0) is 20.8. The first-order chi connectivity index (χ1) is 14.1. The average molecular weight is 400 g/mol. The summed E-state index contributed by atoms with van der Waals surface area (Å²) >= 11 is 0. The van der Waals surface area contributed by atoms with Gasteiger partial charge in [0.15, 0.2) is 11.5 Å². The Bertz CT molecular complexity index is 860. The van der Waals surface area contributed by atoms with Crippen LogP contribution in [0.3, 0.4) is 0 Å². The molecule has 1 aliphatic heterocycles. The molecule has 29 heavy (non-hydrogen) atoms. The highest BCUT2D eigenvalue weighted by atomic mass is 16.6. The lowest BCUT2D eigenvalue weighted by molar-refractivity contribution is -0.152. The fourth-order valence-corrected chi connectivity index (χ4v) is 3.35. The van der Waals surface area contributed by atoms with Gasteiger partial charge >= 0.3 is 11.9 Å². The fraction of sp³-hybridized carbons (Fsp3) is 0.364. The lowest BCUT2D eigenvalue weighted by Crippen LogP contribution is -2.29. The summed E-state index contributed by atoms with van der Waals surface area (Å²) < 4.78 is 26.7. The minimum absolute atomic E-state index is 0.191. The molecule has 7 nitrogen and oxygen atoms in total. The van der Waals surface area contributed by atoms with Gasteiger partial charge in [-0.25, -0.2) is 0 Å². The van der Waals surface area contributed by atoms with Crippen LogP contribution in [0.4, 0.5) is 0 Å². The Morgan fingerprint density at radius 2 is 1.52 bits per heavy atom. The maximum atomic E-state index is 12.9. The van der Waals surface area contributed by atoms with Crippen LogP contribution in [0.15, 0.2) is 42.5 Å². The lowest BCUT2D eigenvalue weighted by atomic mass is 9.81. The maximum absolute atomic E-state index is 12.9. The van der Waals surface area contributed by atoms with Gasteiger partial charge in [0, 0.05) is 0 Å². The molecular weight excluding hydrogens is 376 g/mol. The van der Waals surface area contributed by atoms with Crippen molar-refractivity contribution in [2.45, 2.75) is 18.8 Å². The Morgan fingerprint density at radius 3 is 2.14 bits per heavy atom. The first-order valence-corrected chi connectivity index (χ1v) is 9.37. The highest BCUT2D eigenvalue weighted by Gasteiger charge is 2.39. The number of fused-ring (bicyclic) bond motifs is 1. The molecule has 0 fully saturated rings. The van der Waals surface area contributed by atoms with Crippen molar-refractivity contribution in [3.63, 3.8) is 0 Å². The molecule has 0 amide bonds. The summed E-state index contributed by atoms with van der Waals surface area (Å²) in [6.45, 7) is 2.79. The second-order valence-corrected chi connectivity index (χ2v) is 6.41. The smallest absolute Gasteiger partial charge is 0.314 e. The first-order valence-electron chi connectivity index (χ1n) is 9.37. The first kappa shape index (κ1) is 20.5. The molecule has 2 atom stereocenters. The molecule has 0 radical (unpaired) electrons. The number of hydrogen-bond acceptors (Lipinski definition) is 7. The Balaban J connectivity index is 2.08. The van der Waals surface area contributed by atoms with E-state index in [9.17, 15) is 9.59 Å². The van der Waals surface area contributed by atoms with Gasteiger partial charge in [-0.15, -0.1) is 0 Å². The summed E-state index contributed by atoms with van der Waals surface area (Å²) in [7, 11) is 2.86. The number of rotatable bonds is 7. The Morgan fingerprint density at radius 1 is 0.897 bits per heavy atom. The number of esters is 2. The zero-order valence-corrected chi connectivity index (χ0v) is 16.7. The van der Waals surface area contributed by atoms with Crippen LogP contribution in [0.1, 0.15) is 29.9 Å². The molecule has 2 aromatic rings. The molecule has 0 spiro atoms. The van der Waals surface area contributed by atoms with E-state index >= 15 is 0 Å². The normalized spacial score (nSPS) is 14.4. The van der Waals surface area contributed by atoms with E-state index in [1.807, 2.05) is 0 Å². The number of benzene rings is 2. The summed E-state index contributed by atoms with van der Waals surface area (Å²) in [6.07, 6.45) is 0. The molecule has 0 aliphatic carbocycles. The molecule has 3 rings (SSSR count). The molecule has 7 heteroatoms. The number of hydrogen-bond donors (Lipinski definition) is 0. The number of ether oxygens (including phenoxy) is 5. The van der Waals surface area contributed by atoms with Gasteiger partial charge in [-0.3, -0.25) is 9.59 Å². The highest BCUT2D eigenvalue weighted by Crippen LogP contribution is 2.40. The largest absolute Gasteiger partial charge is 0.497 e. The van der Waals surface area contributed by atoms with Crippen LogP contribution in [0.25, 0.3) is 0 Å². The predicted octanol–water partition coefficient (Wildman–Crippen LogP) is 3.07. The molecule has 0 bridgehead atoms. The van der Waals surface area contributed by atoms with Gasteiger partial charge in [0.05, 0.1) is 32.7 Å². The summed E-state index contributed by atoms with van der Waals surface area (Å²) in [6, 6.07) is 12.1. The summed E-state index contributed by atoms with van der Waals surface area (Å²) in [5.41, 5.74) is 1.20. The number of carbonyl (C=O) groups excluding carboxylic acids is 2. The third-order valence-electron chi connectivity index (χ3n) is 4.73. The van der Waals surface area contributed by atoms with E-state index in [4.69, 9.17) is 23.7 Å². The molecule has 0 saturated heterocycles. The third-order valence-corrected chi connectivity index (χ3v) is 4.73. The standard InChI is InChI=1S/C22H24O7/c1-4-27-22(24)20(15-7-10-17-18(13-15)29-12-11-28-17)19(21(23)26-3)14-5-8-16(25-2)9-6-14/h5-10,13,19-20H,4,11-12H2,1-3H3. The van der Waals surface area contributed by atoms with Crippen LogP contribution in [-0.4, -0.2) is 46.0 Å². The molecule has 0 aromatic heterocycles. The monoisotopic (exact) mass is 400 g/mol. The predicted molar refractivity (Wildman–Crippen MR) is 105 cm³/mol. The highest BCUT2D eigenvalue weighted by molar-refractivity contribution is 5.90. The van der Waals surface area contributed by atoms with Crippen LogP contribution in [0, 0.1) is 0 Å². The van der Waals surface area contributed by atoms with E-state index in [1.54, 1.807) is 56.5 Å². The van der Waals surface area contributed by atoms with E-state index in [0.717, 1.165) is 0 Å². The minimum atomic E-state index is -0.911. The molecule has 0 saturated carbocycles. The lowest BCUT2D eigenvalue weighted by Gasteiger charge is -2.26. The van der Waals surface area contributed by atoms with Crippen LogP contribution in [-0.2, 0) is 19.1 Å². The van der Waals surface area contributed by atoms with Crippen LogP contribution >= 0.6 is 0 Å². The Labute approximate surface area is 169 Å². The summed E-state index contributed by atoms with van der Waals surface area (Å²) in [5, 5.41) is 0. The third kappa shape index (κ3) is 4.45. The van der Waals surface area contributed by atoms with Crippen LogP contribution in [0.5, 0.6) is 17.2 Å². The quantitative estimate of drug-likeness (QED) is 0.661. The molecule has 154 valence electrons. The van der Waals surface area contributed by atoms with Gasteiger partial charge in [0.1, 0.15) is 19.0 Å². The fourth-order valence-electron chi connectivity index (χ4n) is 3.35. The van der Waals surface area contributed by atoms with Crippen LogP contribution in [0.2, 0.25) is 0 Å². The van der Waals surface area contributed by atoms with Gasteiger partial charge in [0.25, 0.3) is 0 Å². The minimum Gasteiger partial charge on any atom is -0.497 e. The zero-order valence-electron chi connectivity index (χ0n) is 16.7. The van der Waals surface area contributed by atoms with Crippen molar-refractivity contribution in [2.24, 2.45) is 0 Å². The van der Waals surface area contributed by atoms with Crippen LogP contribution < -0.4 is 14.2 Å². The molecule has 0 N–H and O–H groups in total. The van der Waals surface area contributed by atoms with E-state index in [0.29, 0.717) is 41.6 Å². The van der Waals surface area contributed by atoms with Crippen molar-refractivity contribution in [3.8, 4) is 17.2 Å². The molecule has 1 heterocycles. The maximum Gasteiger partial charge on any atom is 0.314 e. The summed E-state index contributed by atoms with van der Waals surface area (Å²) in [5.74, 6) is -1.09. The van der Waals surface area contributed by atoms with E-state index in [1.165, 1.54) is 7.11 Å². The van der Waals surface area contributed by atoms with Gasteiger partial charge in [-0.1, -0.05) is 18.2 Å². The number of methoxy groups -OCH3 is 2. The molecule has 2 unspecified atom stereocenters. The van der Waals surface area contributed by atoms with Gasteiger partial charge in [-0.2, -0.15) is 0 Å². The Hall–Kier alpha value is -3.22. The van der Waals surface area contributed by atoms with E-state index in [2.05, 4.69) is 0 Å². The second kappa shape index (κ2) is 9.32. The topological polar surface area (TPSA) is 80.3 Å². The van der Waals surface area contributed by atoms with Gasteiger partial charge in [-0.05, 0) is 42.3 Å². The van der Waals surface area contributed by atoms with Crippen molar-refractivity contribution in [3.05, 3.63) is 53.6 Å². The van der Waals surface area contributed by atoms with E-state index in [-0.39, 0.29) is 6.61 Å². The van der Waals surface area contributed by atoms with E-state index < -0.39 is 23.8 Å². The van der Waals surface area contributed by atoms with Gasteiger partial charge in [0.2, 0.25) is 0 Å². The SMILES string of the molecule is CCOC(=O)C(c1ccc2c(c1)OCCO2)C(C(=O)OC)c1ccc(OC)cc1. The second-order valence-electron chi connectivity index (χ2n) is 6.41. The summed E-state index contributed by atoms with van der Waals surface area (Å²) in [4.78, 5) is 25.7. The average Bonchev–Trinajstić information content (AvgIpc) is 2.76. The van der Waals surface area contributed by atoms with Crippen molar-refractivity contribution in [2.75, 3.05) is 34.0 Å². The molecule has 2 aromatic carbocycles. The molecule has 1 aliphatic rings. The van der Waals surface area contributed by atoms with Crippen molar-refractivity contribution >= 4 is 11.9 Å². The van der Waals surface area contributed by atoms with Gasteiger partial charge < -0.3 is 23.7 Å². The molecular formula is C22H24O7. The van der Waals surface area contributed by atoms with Crippen molar-refractivity contribution in [1.82, 2.24) is 0 Å². The van der Waals surface area contributed by atoms with Crippen molar-refractivity contribution in [1.29, 1.82) is 0 Å². The Kier molecular flexibility index (Phi) is 6.59.